The van der Waals surface area contributed by atoms with Crippen LogP contribution < -0.4 is 15.2 Å². The van der Waals surface area contributed by atoms with Crippen LogP contribution in [0.15, 0.2) is 29.2 Å². The third-order valence-corrected chi connectivity index (χ3v) is 4.23. The predicted molar refractivity (Wildman–Crippen MR) is 73.6 cm³/mol. The topological polar surface area (TPSA) is 81.4 Å². The van der Waals surface area contributed by atoms with E-state index in [0.717, 1.165) is 13.0 Å². The van der Waals surface area contributed by atoms with Crippen LogP contribution >= 0.6 is 0 Å². The first-order valence-electron chi connectivity index (χ1n) is 6.55. The predicted octanol–water partition coefficient (Wildman–Crippen LogP) is 1.24. The summed E-state index contributed by atoms with van der Waals surface area (Å²) in [5.41, 5.74) is 0. The molecule has 0 amide bonds. The minimum atomic E-state index is -3.62. The SMILES string of the molecule is NS(=O)(=O)c1ccc(OCCC2CCCCN2)cc1. The molecule has 0 spiro atoms. The summed E-state index contributed by atoms with van der Waals surface area (Å²) in [6.45, 7) is 1.72. The average Bonchev–Trinajstić information content (AvgIpc) is 2.39. The van der Waals surface area contributed by atoms with Crippen LogP contribution in [-0.2, 0) is 10.0 Å². The Balaban J connectivity index is 1.80. The van der Waals surface area contributed by atoms with Crippen molar-refractivity contribution in [2.24, 2.45) is 5.14 Å². The van der Waals surface area contributed by atoms with Crippen LogP contribution in [0.3, 0.4) is 0 Å². The van der Waals surface area contributed by atoms with Crippen molar-refractivity contribution in [2.45, 2.75) is 36.6 Å². The summed E-state index contributed by atoms with van der Waals surface area (Å²) in [7, 11) is -3.62. The largest absolute Gasteiger partial charge is 0.494 e. The van der Waals surface area contributed by atoms with Crippen molar-refractivity contribution >= 4 is 10.0 Å². The lowest BCUT2D eigenvalue weighted by molar-refractivity contribution is 0.268. The molecule has 19 heavy (non-hydrogen) atoms. The highest BCUT2D eigenvalue weighted by Gasteiger charge is 2.12. The number of piperidine rings is 1. The van der Waals surface area contributed by atoms with Gasteiger partial charge in [0, 0.05) is 6.04 Å². The Morgan fingerprint density at radius 1 is 1.26 bits per heavy atom. The normalized spacial score (nSPS) is 20.2. The number of ether oxygens (including phenoxy) is 1. The van der Waals surface area contributed by atoms with Crippen molar-refractivity contribution in [1.29, 1.82) is 0 Å². The second-order valence-electron chi connectivity index (χ2n) is 4.80. The Morgan fingerprint density at radius 3 is 2.58 bits per heavy atom. The quantitative estimate of drug-likeness (QED) is 0.852. The molecule has 0 saturated carbocycles. The Hall–Kier alpha value is -1.11. The number of sulfonamides is 1. The van der Waals surface area contributed by atoms with E-state index in [1.54, 1.807) is 12.1 Å². The van der Waals surface area contributed by atoms with Crippen molar-refractivity contribution < 1.29 is 13.2 Å². The van der Waals surface area contributed by atoms with Crippen molar-refractivity contribution in [3.8, 4) is 5.75 Å². The summed E-state index contributed by atoms with van der Waals surface area (Å²) in [6.07, 6.45) is 4.71. The van der Waals surface area contributed by atoms with Gasteiger partial charge in [0.2, 0.25) is 10.0 Å². The van der Waals surface area contributed by atoms with Crippen LogP contribution in [0.5, 0.6) is 5.75 Å². The zero-order valence-corrected chi connectivity index (χ0v) is 11.7. The fourth-order valence-corrected chi connectivity index (χ4v) is 2.73. The smallest absolute Gasteiger partial charge is 0.238 e. The molecule has 1 aliphatic rings. The van der Waals surface area contributed by atoms with E-state index in [9.17, 15) is 8.42 Å². The lowest BCUT2D eigenvalue weighted by atomic mass is 10.0. The van der Waals surface area contributed by atoms with E-state index >= 15 is 0 Å². The highest BCUT2D eigenvalue weighted by atomic mass is 32.2. The van der Waals surface area contributed by atoms with Gasteiger partial charge in [-0.05, 0) is 50.1 Å². The molecule has 0 radical (unpaired) electrons. The Labute approximate surface area is 114 Å². The molecule has 1 aromatic rings. The van der Waals surface area contributed by atoms with Gasteiger partial charge >= 0.3 is 0 Å². The number of benzene rings is 1. The van der Waals surface area contributed by atoms with E-state index in [4.69, 9.17) is 9.88 Å². The first kappa shape index (κ1) is 14.3. The molecular formula is C13H20N2O3S. The van der Waals surface area contributed by atoms with Crippen LogP contribution in [0, 0.1) is 0 Å². The second kappa shape index (κ2) is 6.36. The minimum Gasteiger partial charge on any atom is -0.494 e. The molecular weight excluding hydrogens is 264 g/mol. The average molecular weight is 284 g/mol. The lowest BCUT2D eigenvalue weighted by Gasteiger charge is -2.23. The third-order valence-electron chi connectivity index (χ3n) is 3.30. The monoisotopic (exact) mass is 284 g/mol. The summed E-state index contributed by atoms with van der Waals surface area (Å²) in [4.78, 5) is 0.105. The molecule has 1 unspecified atom stereocenters. The van der Waals surface area contributed by atoms with E-state index in [0.29, 0.717) is 18.4 Å². The standard InChI is InChI=1S/C13H20N2O3S/c14-19(16,17)13-6-4-12(5-7-13)18-10-8-11-3-1-2-9-15-11/h4-7,11,15H,1-3,8-10H2,(H2,14,16,17). The molecule has 2 rings (SSSR count). The number of hydrogen-bond donors (Lipinski definition) is 2. The van der Waals surface area contributed by atoms with Gasteiger partial charge < -0.3 is 10.1 Å². The van der Waals surface area contributed by atoms with Gasteiger partial charge in [-0.25, -0.2) is 13.6 Å². The zero-order chi connectivity index (χ0) is 13.7. The van der Waals surface area contributed by atoms with Gasteiger partial charge in [-0.3, -0.25) is 0 Å². The van der Waals surface area contributed by atoms with Gasteiger partial charge in [-0.1, -0.05) is 6.42 Å². The van der Waals surface area contributed by atoms with E-state index < -0.39 is 10.0 Å². The number of nitrogens with one attached hydrogen (secondary N) is 1. The zero-order valence-electron chi connectivity index (χ0n) is 10.8. The fourth-order valence-electron chi connectivity index (χ4n) is 2.21. The van der Waals surface area contributed by atoms with E-state index in [2.05, 4.69) is 5.32 Å². The van der Waals surface area contributed by atoms with Crippen molar-refractivity contribution in [3.05, 3.63) is 24.3 Å². The van der Waals surface area contributed by atoms with E-state index in [-0.39, 0.29) is 4.90 Å². The molecule has 6 heteroatoms. The molecule has 1 aliphatic heterocycles. The lowest BCUT2D eigenvalue weighted by Crippen LogP contribution is -2.35. The van der Waals surface area contributed by atoms with E-state index in [1.165, 1.54) is 31.4 Å². The fraction of sp³-hybridized carbons (Fsp3) is 0.538. The number of hydrogen-bond acceptors (Lipinski definition) is 4. The van der Waals surface area contributed by atoms with Crippen LogP contribution in [0.25, 0.3) is 0 Å². The van der Waals surface area contributed by atoms with Gasteiger partial charge in [0.15, 0.2) is 0 Å². The molecule has 1 saturated heterocycles. The molecule has 106 valence electrons. The van der Waals surface area contributed by atoms with E-state index in [1.807, 2.05) is 0 Å². The maximum Gasteiger partial charge on any atom is 0.238 e. The Morgan fingerprint density at radius 2 is 2.00 bits per heavy atom. The molecule has 3 N–H and O–H groups in total. The summed E-state index contributed by atoms with van der Waals surface area (Å²) in [5.74, 6) is 0.670. The molecule has 1 fully saturated rings. The van der Waals surface area contributed by atoms with Crippen LogP contribution in [0.2, 0.25) is 0 Å². The maximum absolute atomic E-state index is 11.1. The molecule has 1 atom stereocenters. The van der Waals surface area contributed by atoms with Crippen molar-refractivity contribution in [3.63, 3.8) is 0 Å². The van der Waals surface area contributed by atoms with Gasteiger partial charge in [0.25, 0.3) is 0 Å². The van der Waals surface area contributed by atoms with Crippen LogP contribution in [-0.4, -0.2) is 27.6 Å². The summed E-state index contributed by atoms with van der Waals surface area (Å²) < 4.78 is 27.8. The molecule has 5 nitrogen and oxygen atoms in total. The Bertz CT molecular complexity index is 493. The van der Waals surface area contributed by atoms with Gasteiger partial charge in [0.05, 0.1) is 11.5 Å². The molecule has 1 aromatic carbocycles. The molecule has 0 aliphatic carbocycles. The Kier molecular flexibility index (Phi) is 4.79. The van der Waals surface area contributed by atoms with Gasteiger partial charge in [0.1, 0.15) is 5.75 Å². The van der Waals surface area contributed by atoms with Crippen LogP contribution in [0.1, 0.15) is 25.7 Å². The van der Waals surface area contributed by atoms with Crippen LogP contribution in [0.4, 0.5) is 0 Å². The number of nitrogens with two attached hydrogens (primary N) is 1. The number of rotatable bonds is 5. The third kappa shape index (κ3) is 4.49. The summed E-state index contributed by atoms with van der Waals surface area (Å²) in [6, 6.07) is 6.73. The first-order valence-corrected chi connectivity index (χ1v) is 8.09. The summed E-state index contributed by atoms with van der Waals surface area (Å²) >= 11 is 0. The highest BCUT2D eigenvalue weighted by molar-refractivity contribution is 7.89. The second-order valence-corrected chi connectivity index (χ2v) is 6.36. The van der Waals surface area contributed by atoms with Gasteiger partial charge in [-0.15, -0.1) is 0 Å². The molecule has 0 bridgehead atoms. The minimum absolute atomic E-state index is 0.105. The van der Waals surface area contributed by atoms with Crippen molar-refractivity contribution in [2.75, 3.05) is 13.2 Å². The van der Waals surface area contributed by atoms with Gasteiger partial charge in [-0.2, -0.15) is 0 Å². The number of primary sulfonamides is 1. The first-order chi connectivity index (χ1) is 9.05. The van der Waals surface area contributed by atoms with Crippen molar-refractivity contribution in [1.82, 2.24) is 5.32 Å². The summed E-state index contributed by atoms with van der Waals surface area (Å²) in [5, 5.41) is 8.49. The molecule has 1 heterocycles. The molecule has 0 aromatic heterocycles. The highest BCUT2D eigenvalue weighted by Crippen LogP contribution is 2.16. The maximum atomic E-state index is 11.1.